The summed E-state index contributed by atoms with van der Waals surface area (Å²) in [5.74, 6) is 0.521. The van der Waals surface area contributed by atoms with Gasteiger partial charge in [-0.25, -0.2) is 0 Å². The van der Waals surface area contributed by atoms with E-state index in [1.807, 2.05) is 0 Å². The van der Waals surface area contributed by atoms with Gasteiger partial charge < -0.3 is 0 Å². The maximum atomic E-state index is 12.8. The first kappa shape index (κ1) is 20.2. The van der Waals surface area contributed by atoms with Gasteiger partial charge in [0.05, 0.1) is 23.7 Å². The normalized spacial score (nSPS) is 39.5. The fraction of sp³-hybridized carbons (Fsp3) is 0.833. The van der Waals surface area contributed by atoms with Crippen molar-refractivity contribution in [3.63, 3.8) is 0 Å². The van der Waals surface area contributed by atoms with Crippen molar-refractivity contribution in [1.29, 1.82) is 0 Å². The zero-order valence-corrected chi connectivity index (χ0v) is 17.9. The number of carbonyl (C=O) groups is 4. The van der Waals surface area contributed by atoms with E-state index in [9.17, 15) is 19.2 Å². The number of hydrogen-bond acceptors (Lipinski definition) is 4. The number of nitrogens with zero attached hydrogens (tertiary/aromatic N) is 2. The second-order valence-corrected chi connectivity index (χ2v) is 10.5. The molecule has 0 aromatic rings. The number of amides is 4. The van der Waals surface area contributed by atoms with E-state index < -0.39 is 0 Å². The molecule has 0 radical (unpaired) electrons. The molecular weight excluding hydrogens is 380 g/mol. The van der Waals surface area contributed by atoms with E-state index in [0.717, 1.165) is 77.0 Å². The summed E-state index contributed by atoms with van der Waals surface area (Å²) in [6.07, 6.45) is 11.7. The van der Waals surface area contributed by atoms with Crippen LogP contribution in [0.1, 0.15) is 77.0 Å². The van der Waals surface area contributed by atoms with Crippen LogP contribution in [0.25, 0.3) is 0 Å². The fourth-order valence-electron chi connectivity index (χ4n) is 7.07. The highest BCUT2D eigenvalue weighted by molar-refractivity contribution is 6.05. The van der Waals surface area contributed by atoms with Gasteiger partial charge in [-0.1, -0.05) is 32.1 Å². The van der Waals surface area contributed by atoms with Gasteiger partial charge in [0, 0.05) is 13.1 Å². The van der Waals surface area contributed by atoms with Gasteiger partial charge >= 0.3 is 0 Å². The molecule has 6 heteroatoms. The van der Waals surface area contributed by atoms with E-state index in [-0.39, 0.29) is 47.3 Å². The fourth-order valence-corrected chi connectivity index (χ4v) is 7.07. The van der Waals surface area contributed by atoms with Crippen LogP contribution < -0.4 is 0 Å². The van der Waals surface area contributed by atoms with Crippen molar-refractivity contribution in [3.8, 4) is 0 Å². The summed E-state index contributed by atoms with van der Waals surface area (Å²) < 4.78 is 0. The summed E-state index contributed by atoms with van der Waals surface area (Å²) in [6, 6.07) is 0. The summed E-state index contributed by atoms with van der Waals surface area (Å²) in [5.41, 5.74) is 0. The SMILES string of the molecule is O=C1C2CCCCC2C(=O)N1CC1CCCC(CN2C(=O)C3CCCCC3C2=O)C1. The van der Waals surface area contributed by atoms with Crippen molar-refractivity contribution in [2.24, 2.45) is 35.5 Å². The Kier molecular flexibility index (Phi) is 5.44. The number of imide groups is 2. The van der Waals surface area contributed by atoms with Crippen LogP contribution in [0.15, 0.2) is 0 Å². The second kappa shape index (κ2) is 8.08. The Morgan fingerprint density at radius 3 is 1.17 bits per heavy atom. The Labute approximate surface area is 178 Å². The Balaban J connectivity index is 1.20. The number of carbonyl (C=O) groups excluding carboxylic acids is 4. The van der Waals surface area contributed by atoms with Crippen LogP contribution >= 0.6 is 0 Å². The van der Waals surface area contributed by atoms with Crippen LogP contribution in [0.3, 0.4) is 0 Å². The molecule has 164 valence electrons. The molecule has 6 atom stereocenters. The quantitative estimate of drug-likeness (QED) is 0.663. The third-order valence-corrected chi connectivity index (χ3v) is 8.64. The van der Waals surface area contributed by atoms with E-state index >= 15 is 0 Å². The monoisotopic (exact) mass is 414 g/mol. The van der Waals surface area contributed by atoms with Crippen LogP contribution in [-0.4, -0.2) is 46.5 Å². The molecule has 5 aliphatic rings. The van der Waals surface area contributed by atoms with Crippen LogP contribution in [-0.2, 0) is 19.2 Å². The Morgan fingerprint density at radius 2 is 0.833 bits per heavy atom. The first-order valence-corrected chi connectivity index (χ1v) is 12.2. The molecule has 2 aliphatic heterocycles. The van der Waals surface area contributed by atoms with Crippen LogP contribution in [0.2, 0.25) is 0 Å². The lowest BCUT2D eigenvalue weighted by atomic mass is 9.81. The van der Waals surface area contributed by atoms with Crippen molar-refractivity contribution in [2.45, 2.75) is 77.0 Å². The molecule has 6 unspecified atom stereocenters. The third-order valence-electron chi connectivity index (χ3n) is 8.64. The number of hydrogen-bond donors (Lipinski definition) is 0. The second-order valence-electron chi connectivity index (χ2n) is 10.5. The molecule has 2 heterocycles. The highest BCUT2D eigenvalue weighted by Crippen LogP contribution is 2.41. The van der Waals surface area contributed by atoms with E-state index in [2.05, 4.69) is 0 Å². The molecule has 3 aliphatic carbocycles. The van der Waals surface area contributed by atoms with E-state index in [0.29, 0.717) is 24.9 Å². The van der Waals surface area contributed by atoms with Crippen LogP contribution in [0.5, 0.6) is 0 Å². The van der Waals surface area contributed by atoms with E-state index in [4.69, 9.17) is 0 Å². The van der Waals surface area contributed by atoms with Gasteiger partial charge in [-0.15, -0.1) is 0 Å². The minimum absolute atomic E-state index is 0.0563. The number of rotatable bonds is 4. The zero-order valence-electron chi connectivity index (χ0n) is 17.9. The lowest BCUT2D eigenvalue weighted by Crippen LogP contribution is -2.40. The molecule has 5 rings (SSSR count). The number of likely N-dealkylation sites (tertiary alicyclic amines) is 2. The standard InChI is InChI=1S/C24H34N2O4/c27-21-17-8-1-2-9-18(17)22(28)25(21)13-15-6-5-7-16(12-15)14-26-23(29)19-10-3-4-11-20(19)24(26)30/h15-20H,1-14H2. The molecule has 0 aromatic heterocycles. The summed E-state index contributed by atoms with van der Waals surface area (Å²) in [6.45, 7) is 1.07. The minimum Gasteiger partial charge on any atom is -0.282 e. The first-order valence-electron chi connectivity index (χ1n) is 12.2. The highest BCUT2D eigenvalue weighted by Gasteiger charge is 2.50. The lowest BCUT2D eigenvalue weighted by Gasteiger charge is -2.33. The first-order chi connectivity index (χ1) is 14.5. The minimum atomic E-state index is -0.0752. The maximum Gasteiger partial charge on any atom is 0.233 e. The third kappa shape index (κ3) is 3.40. The average molecular weight is 415 g/mol. The van der Waals surface area contributed by atoms with Crippen molar-refractivity contribution in [1.82, 2.24) is 9.80 Å². The average Bonchev–Trinajstić information content (AvgIpc) is 3.15. The van der Waals surface area contributed by atoms with Crippen molar-refractivity contribution >= 4 is 23.6 Å². The maximum absolute atomic E-state index is 12.8. The largest absolute Gasteiger partial charge is 0.282 e. The topological polar surface area (TPSA) is 74.8 Å². The summed E-state index contributed by atoms with van der Waals surface area (Å²) >= 11 is 0. The van der Waals surface area contributed by atoms with Crippen LogP contribution in [0.4, 0.5) is 0 Å². The number of fused-ring (bicyclic) bond motifs is 2. The molecule has 6 nitrogen and oxygen atoms in total. The van der Waals surface area contributed by atoms with Crippen molar-refractivity contribution in [2.75, 3.05) is 13.1 Å². The molecule has 3 saturated carbocycles. The van der Waals surface area contributed by atoms with Gasteiger partial charge in [0.1, 0.15) is 0 Å². The lowest BCUT2D eigenvalue weighted by molar-refractivity contribution is -0.141. The predicted molar refractivity (Wildman–Crippen MR) is 110 cm³/mol. The van der Waals surface area contributed by atoms with Gasteiger partial charge in [0.2, 0.25) is 23.6 Å². The van der Waals surface area contributed by atoms with Gasteiger partial charge in [0.15, 0.2) is 0 Å². The summed E-state index contributed by atoms with van der Waals surface area (Å²) in [4.78, 5) is 54.4. The van der Waals surface area contributed by atoms with Crippen molar-refractivity contribution < 1.29 is 19.2 Å². The molecular formula is C24H34N2O4. The summed E-state index contributed by atoms with van der Waals surface area (Å²) in [5, 5.41) is 0. The van der Waals surface area contributed by atoms with Gasteiger partial charge in [0.25, 0.3) is 0 Å². The molecule has 0 bridgehead atoms. The van der Waals surface area contributed by atoms with E-state index in [1.54, 1.807) is 9.80 Å². The Bertz CT molecular complexity index is 641. The molecule has 0 spiro atoms. The molecule has 0 aromatic carbocycles. The molecule has 30 heavy (non-hydrogen) atoms. The summed E-state index contributed by atoms with van der Waals surface area (Å²) in [7, 11) is 0. The Morgan fingerprint density at radius 1 is 0.500 bits per heavy atom. The van der Waals surface area contributed by atoms with E-state index in [1.165, 1.54) is 0 Å². The zero-order chi connectivity index (χ0) is 20.8. The molecule has 2 saturated heterocycles. The van der Waals surface area contributed by atoms with Crippen LogP contribution in [0, 0.1) is 35.5 Å². The molecule has 0 N–H and O–H groups in total. The van der Waals surface area contributed by atoms with Gasteiger partial charge in [-0.3, -0.25) is 29.0 Å². The Hall–Kier alpha value is -1.72. The molecule has 5 fully saturated rings. The van der Waals surface area contributed by atoms with Gasteiger partial charge in [-0.2, -0.15) is 0 Å². The van der Waals surface area contributed by atoms with Crippen molar-refractivity contribution in [3.05, 3.63) is 0 Å². The van der Waals surface area contributed by atoms with Gasteiger partial charge in [-0.05, 0) is 56.8 Å². The highest BCUT2D eigenvalue weighted by atomic mass is 16.2. The molecule has 4 amide bonds. The predicted octanol–water partition coefficient (Wildman–Crippen LogP) is 3.14. The smallest absolute Gasteiger partial charge is 0.233 e.